The number of Topliss-reactive ketones (excluding diaryl/α,β-unsaturated/α-hetero) is 3. The Kier molecular flexibility index (Phi) is 8.40. The molecule has 0 aliphatic heterocycles. The highest BCUT2D eigenvalue weighted by Crippen LogP contribution is 2.41. The van der Waals surface area contributed by atoms with Gasteiger partial charge in [0.25, 0.3) is 0 Å². The normalized spacial score (nSPS) is 17.3. The van der Waals surface area contributed by atoms with Crippen molar-refractivity contribution in [2.24, 2.45) is 17.8 Å². The van der Waals surface area contributed by atoms with Crippen LogP contribution in [0.1, 0.15) is 48.5 Å². The topological polar surface area (TPSA) is 112 Å². The number of aromatic hydroxyl groups is 1. The van der Waals surface area contributed by atoms with Gasteiger partial charge in [-0.15, -0.1) is 0 Å². The lowest BCUT2D eigenvalue weighted by Gasteiger charge is -2.31. The summed E-state index contributed by atoms with van der Waals surface area (Å²) in [5.74, 6) is -2.10. The second kappa shape index (κ2) is 11.1. The van der Waals surface area contributed by atoms with Gasteiger partial charge in [0.2, 0.25) is 0 Å². The second-order valence-corrected chi connectivity index (χ2v) is 9.27. The number of ketones is 3. The van der Waals surface area contributed by atoms with E-state index in [4.69, 9.17) is 11.6 Å². The molecule has 3 rings (SSSR count). The maximum Gasteiger partial charge on any atom is 0.167 e. The van der Waals surface area contributed by atoms with E-state index in [0.29, 0.717) is 23.4 Å². The second-order valence-electron chi connectivity index (χ2n) is 8.83. The fourth-order valence-electron chi connectivity index (χ4n) is 4.92. The number of benzene rings is 2. The molecule has 0 saturated carbocycles. The molecule has 33 heavy (non-hydrogen) atoms. The molecule has 1 aliphatic carbocycles. The van der Waals surface area contributed by atoms with E-state index in [-0.39, 0.29) is 60.8 Å². The number of hydrogen-bond acceptors (Lipinski definition) is 6. The molecule has 2 aromatic carbocycles. The van der Waals surface area contributed by atoms with Crippen molar-refractivity contribution >= 4 is 29.0 Å². The van der Waals surface area contributed by atoms with Crippen LogP contribution in [0.2, 0.25) is 5.02 Å². The molecule has 7 heteroatoms. The lowest BCUT2D eigenvalue weighted by atomic mass is 9.72. The largest absolute Gasteiger partial charge is 0.507 e. The van der Waals surface area contributed by atoms with E-state index >= 15 is 0 Å². The number of fused-ring (bicyclic) bond motifs is 1. The van der Waals surface area contributed by atoms with Crippen LogP contribution in [0, 0.1) is 17.8 Å². The van der Waals surface area contributed by atoms with Gasteiger partial charge in [-0.2, -0.15) is 0 Å². The van der Waals surface area contributed by atoms with Gasteiger partial charge in [-0.25, -0.2) is 0 Å². The van der Waals surface area contributed by atoms with Gasteiger partial charge in [0.15, 0.2) is 5.78 Å². The molecule has 0 radical (unpaired) electrons. The van der Waals surface area contributed by atoms with E-state index in [1.54, 1.807) is 18.2 Å². The van der Waals surface area contributed by atoms with Crippen molar-refractivity contribution in [2.75, 3.05) is 13.2 Å². The van der Waals surface area contributed by atoms with E-state index in [2.05, 4.69) is 0 Å². The quantitative estimate of drug-likeness (QED) is 0.450. The molecule has 0 spiro atoms. The van der Waals surface area contributed by atoms with Gasteiger partial charge >= 0.3 is 0 Å². The predicted molar refractivity (Wildman–Crippen MR) is 125 cm³/mol. The van der Waals surface area contributed by atoms with Crippen LogP contribution in [0.3, 0.4) is 0 Å². The summed E-state index contributed by atoms with van der Waals surface area (Å²) in [5, 5.41) is 30.4. The Hall–Kier alpha value is -2.54. The van der Waals surface area contributed by atoms with E-state index in [1.165, 1.54) is 13.0 Å². The van der Waals surface area contributed by atoms with Gasteiger partial charge < -0.3 is 15.3 Å². The molecule has 3 N–H and O–H groups in total. The molecule has 6 nitrogen and oxygen atoms in total. The van der Waals surface area contributed by atoms with Crippen LogP contribution in [-0.2, 0) is 16.0 Å². The molecule has 0 saturated heterocycles. The van der Waals surface area contributed by atoms with Crippen molar-refractivity contribution < 1.29 is 29.7 Å². The van der Waals surface area contributed by atoms with Gasteiger partial charge in [-0.1, -0.05) is 29.8 Å². The number of phenols is 1. The fraction of sp³-hybridized carbons (Fsp3) is 0.423. The monoisotopic (exact) mass is 472 g/mol. The van der Waals surface area contributed by atoms with Crippen molar-refractivity contribution in [1.82, 2.24) is 0 Å². The summed E-state index contributed by atoms with van der Waals surface area (Å²) in [6.07, 6.45) is 1.18. The first kappa shape index (κ1) is 25.1. The Morgan fingerprint density at radius 1 is 1.09 bits per heavy atom. The molecule has 0 bridgehead atoms. The van der Waals surface area contributed by atoms with Crippen molar-refractivity contribution in [3.05, 3.63) is 52.5 Å². The molecule has 176 valence electrons. The molecule has 3 atom stereocenters. The summed E-state index contributed by atoms with van der Waals surface area (Å²) in [6.45, 7) is 0.752. The highest BCUT2D eigenvalue weighted by Gasteiger charge is 2.35. The third-order valence-corrected chi connectivity index (χ3v) is 6.68. The van der Waals surface area contributed by atoms with Gasteiger partial charge in [-0.05, 0) is 72.9 Å². The van der Waals surface area contributed by atoms with Crippen molar-refractivity contribution in [1.29, 1.82) is 0 Å². The Bertz CT molecular complexity index is 1030. The minimum atomic E-state index is -0.766. The maximum absolute atomic E-state index is 13.0. The molecule has 0 heterocycles. The van der Waals surface area contributed by atoms with Crippen molar-refractivity contribution in [2.45, 2.75) is 39.0 Å². The average molecular weight is 473 g/mol. The lowest BCUT2D eigenvalue weighted by Crippen LogP contribution is -2.32. The number of rotatable bonds is 10. The van der Waals surface area contributed by atoms with Gasteiger partial charge in [0, 0.05) is 24.0 Å². The number of carbonyl (C=O) groups is 3. The Morgan fingerprint density at radius 2 is 1.79 bits per heavy atom. The fourth-order valence-corrected chi connectivity index (χ4v) is 5.04. The Labute approximate surface area is 198 Å². The first-order valence-electron chi connectivity index (χ1n) is 11.1. The smallest absolute Gasteiger partial charge is 0.167 e. The number of carbonyl (C=O) groups excluding carboxylic acids is 3. The number of aliphatic hydroxyl groups excluding tert-OH is 2. The average Bonchev–Trinajstić information content (AvgIpc) is 2.74. The summed E-state index contributed by atoms with van der Waals surface area (Å²) >= 11 is 6.02. The van der Waals surface area contributed by atoms with Crippen LogP contribution in [0.15, 0.2) is 36.4 Å². The van der Waals surface area contributed by atoms with Crippen LogP contribution >= 0.6 is 11.6 Å². The minimum Gasteiger partial charge on any atom is -0.507 e. The summed E-state index contributed by atoms with van der Waals surface area (Å²) in [7, 11) is 0. The lowest BCUT2D eigenvalue weighted by molar-refractivity contribution is -0.131. The van der Waals surface area contributed by atoms with Crippen LogP contribution in [0.5, 0.6) is 5.75 Å². The SMILES string of the molecule is CC(=O)CC(=O)C(CO)C(CCO)CC1CC(=O)c2c(O)ccc(-c3ccc(Cl)cc3)c2C1. The molecular formula is C26H29ClO6. The minimum absolute atomic E-state index is 0.0528. The zero-order chi connectivity index (χ0) is 24.1. The first-order valence-corrected chi connectivity index (χ1v) is 11.5. The van der Waals surface area contributed by atoms with Crippen LogP contribution in [0.4, 0.5) is 0 Å². The molecule has 0 aromatic heterocycles. The number of halogens is 1. The highest BCUT2D eigenvalue weighted by atomic mass is 35.5. The van der Waals surface area contributed by atoms with E-state index < -0.39 is 12.5 Å². The Balaban J connectivity index is 1.91. The van der Waals surface area contributed by atoms with E-state index in [0.717, 1.165) is 16.7 Å². The van der Waals surface area contributed by atoms with Gasteiger partial charge in [0.1, 0.15) is 17.3 Å². The maximum atomic E-state index is 13.0. The zero-order valence-corrected chi connectivity index (χ0v) is 19.3. The summed E-state index contributed by atoms with van der Waals surface area (Å²) < 4.78 is 0. The predicted octanol–water partition coefficient (Wildman–Crippen LogP) is 4.00. The molecule has 0 amide bonds. The number of phenolic OH excluding ortho intramolecular Hbond substituents is 1. The molecule has 3 unspecified atom stereocenters. The van der Waals surface area contributed by atoms with E-state index in [1.807, 2.05) is 12.1 Å². The molecular weight excluding hydrogens is 444 g/mol. The summed E-state index contributed by atoms with van der Waals surface area (Å²) in [5.41, 5.74) is 2.78. The molecule has 2 aromatic rings. The van der Waals surface area contributed by atoms with Crippen LogP contribution in [-0.4, -0.2) is 45.9 Å². The van der Waals surface area contributed by atoms with Gasteiger partial charge in [0.05, 0.1) is 18.6 Å². The summed E-state index contributed by atoms with van der Waals surface area (Å²) in [6, 6.07) is 10.6. The third-order valence-electron chi connectivity index (χ3n) is 6.43. The van der Waals surface area contributed by atoms with Crippen molar-refractivity contribution in [3.8, 4) is 16.9 Å². The highest BCUT2D eigenvalue weighted by molar-refractivity contribution is 6.30. The van der Waals surface area contributed by atoms with Crippen molar-refractivity contribution in [3.63, 3.8) is 0 Å². The van der Waals surface area contributed by atoms with Gasteiger partial charge in [-0.3, -0.25) is 14.4 Å². The molecule has 0 fully saturated rings. The number of hydrogen-bond donors (Lipinski definition) is 3. The Morgan fingerprint density at radius 3 is 2.39 bits per heavy atom. The summed E-state index contributed by atoms with van der Waals surface area (Å²) in [4.78, 5) is 37.0. The van der Waals surface area contributed by atoms with Crippen LogP contribution in [0.25, 0.3) is 11.1 Å². The van der Waals surface area contributed by atoms with E-state index in [9.17, 15) is 29.7 Å². The molecule has 1 aliphatic rings. The zero-order valence-electron chi connectivity index (χ0n) is 18.6. The first-order chi connectivity index (χ1) is 15.7. The van der Waals surface area contributed by atoms with Crippen LogP contribution < -0.4 is 0 Å². The third kappa shape index (κ3) is 5.88. The standard InChI is InChI=1S/C26H29ClO6/c1-15(30)10-24(32)22(14-29)18(8-9-28)11-16-12-21-20(17-2-4-19(27)5-3-17)6-7-23(31)26(21)25(33)13-16/h2-7,16,18,22,28-29,31H,8-14H2,1H3. The number of aliphatic hydroxyl groups is 2.